The molecule has 1 aliphatic heterocycles. The minimum absolute atomic E-state index is 0.0484. The van der Waals surface area contributed by atoms with Crippen molar-refractivity contribution < 1.29 is 14.2 Å². The molecule has 5 rings (SSSR count). The number of nitrogens with one attached hydrogen (secondary N) is 1. The van der Waals surface area contributed by atoms with E-state index in [0.717, 1.165) is 85.1 Å². The van der Waals surface area contributed by atoms with E-state index in [0.29, 0.717) is 13.2 Å². The summed E-state index contributed by atoms with van der Waals surface area (Å²) in [5.41, 5.74) is 2.59. The summed E-state index contributed by atoms with van der Waals surface area (Å²) < 4.78 is 17.2. The van der Waals surface area contributed by atoms with Crippen molar-refractivity contribution in [2.75, 3.05) is 44.8 Å². The van der Waals surface area contributed by atoms with E-state index < -0.39 is 0 Å². The number of nitrogens with zero attached hydrogens (tertiary/aromatic N) is 3. The van der Waals surface area contributed by atoms with Crippen LogP contribution in [-0.4, -0.2) is 54.4 Å². The predicted octanol–water partition coefficient (Wildman–Crippen LogP) is 5.62. The van der Waals surface area contributed by atoms with Gasteiger partial charge in [-0.2, -0.15) is 0 Å². The first-order valence-electron chi connectivity index (χ1n) is 13.3. The maximum Gasteiger partial charge on any atom is 0.161 e. The van der Waals surface area contributed by atoms with Gasteiger partial charge >= 0.3 is 0 Å². The van der Waals surface area contributed by atoms with Crippen molar-refractivity contribution in [3.8, 4) is 11.5 Å². The van der Waals surface area contributed by atoms with Gasteiger partial charge in [0.1, 0.15) is 16.5 Å². The van der Waals surface area contributed by atoms with E-state index >= 15 is 0 Å². The summed E-state index contributed by atoms with van der Waals surface area (Å²) in [5, 5.41) is 4.98. The van der Waals surface area contributed by atoms with Gasteiger partial charge in [0.2, 0.25) is 0 Å². The molecule has 7 nitrogen and oxygen atoms in total. The minimum atomic E-state index is 0.0484. The van der Waals surface area contributed by atoms with Crippen LogP contribution < -0.4 is 14.8 Å². The quantitative estimate of drug-likeness (QED) is 0.401. The van der Waals surface area contributed by atoms with Crippen LogP contribution in [0, 0.1) is 5.92 Å². The molecule has 2 aromatic heterocycles. The lowest BCUT2D eigenvalue weighted by Gasteiger charge is -2.26. The molecule has 1 fully saturated rings. The molecule has 0 unspecified atom stereocenters. The maximum absolute atomic E-state index is 5.88. The van der Waals surface area contributed by atoms with Gasteiger partial charge in [0.25, 0.3) is 0 Å². The van der Waals surface area contributed by atoms with Crippen molar-refractivity contribution >= 4 is 27.4 Å². The fraction of sp³-hybridized carbons (Fsp3) is 0.571. The number of ether oxygens (including phenoxy) is 3. The van der Waals surface area contributed by atoms with Gasteiger partial charge in [-0.15, -0.1) is 11.3 Å². The number of aromatic nitrogens is 2. The van der Waals surface area contributed by atoms with Gasteiger partial charge in [0.05, 0.1) is 44.4 Å². The standard InChI is InChI=1S/C28H38N4O3S/c1-5-34-22-10-8-20(16-23(22)35-6-2)19(4)29-27-26-21-9-7-18(3)15-24(21)36-28(26)31-25(30-27)17-32-11-13-33-14-12-32/h8,10,16,18-19H,5-7,9,11-15,17H2,1-4H3,(H,29,30,31)/t18-,19+/m0/s1. The van der Waals surface area contributed by atoms with Crippen LogP contribution in [0.1, 0.15) is 62.0 Å². The van der Waals surface area contributed by atoms with Crippen molar-refractivity contribution in [2.45, 2.75) is 59.5 Å². The Morgan fingerprint density at radius 2 is 1.92 bits per heavy atom. The summed E-state index contributed by atoms with van der Waals surface area (Å²) in [6.07, 6.45) is 3.46. The normalized spacial score (nSPS) is 19.2. The Labute approximate surface area is 218 Å². The van der Waals surface area contributed by atoms with E-state index in [1.165, 1.54) is 22.2 Å². The fourth-order valence-corrected chi connectivity index (χ4v) is 6.55. The van der Waals surface area contributed by atoms with Crippen LogP contribution in [-0.2, 0) is 24.1 Å². The largest absolute Gasteiger partial charge is 0.490 e. The number of aryl methyl sites for hydroxylation is 1. The summed E-state index contributed by atoms with van der Waals surface area (Å²) in [4.78, 5) is 15.2. The summed E-state index contributed by atoms with van der Waals surface area (Å²) >= 11 is 1.86. The number of fused-ring (bicyclic) bond motifs is 3. The van der Waals surface area contributed by atoms with Crippen molar-refractivity contribution in [1.29, 1.82) is 0 Å². The number of anilines is 1. The number of hydrogen-bond donors (Lipinski definition) is 1. The molecule has 0 radical (unpaired) electrons. The summed E-state index contributed by atoms with van der Waals surface area (Å²) in [6, 6.07) is 6.26. The monoisotopic (exact) mass is 510 g/mol. The predicted molar refractivity (Wildman–Crippen MR) is 146 cm³/mol. The van der Waals surface area contributed by atoms with Crippen LogP contribution in [0.5, 0.6) is 11.5 Å². The van der Waals surface area contributed by atoms with E-state index in [1.807, 2.05) is 31.3 Å². The van der Waals surface area contributed by atoms with Crippen molar-refractivity contribution in [2.24, 2.45) is 5.92 Å². The van der Waals surface area contributed by atoms with Crippen LogP contribution in [0.25, 0.3) is 10.2 Å². The number of thiophene rings is 1. The second-order valence-corrected chi connectivity index (χ2v) is 10.9. The lowest BCUT2D eigenvalue weighted by Crippen LogP contribution is -2.36. The van der Waals surface area contributed by atoms with Gasteiger partial charge in [-0.05, 0) is 69.2 Å². The molecule has 0 saturated carbocycles. The third-order valence-electron chi connectivity index (χ3n) is 7.09. The first-order valence-corrected chi connectivity index (χ1v) is 14.1. The van der Waals surface area contributed by atoms with Crippen molar-refractivity contribution in [3.05, 3.63) is 40.0 Å². The SMILES string of the molecule is CCOc1ccc([C@@H](C)Nc2nc(CN3CCOCC3)nc3sc4c(c23)CC[C@H](C)C4)cc1OCC. The Bertz CT molecular complexity index is 1190. The van der Waals surface area contributed by atoms with Crippen LogP contribution >= 0.6 is 11.3 Å². The smallest absolute Gasteiger partial charge is 0.161 e. The van der Waals surface area contributed by atoms with Gasteiger partial charge in [-0.3, -0.25) is 4.90 Å². The lowest BCUT2D eigenvalue weighted by atomic mass is 9.89. The first-order chi connectivity index (χ1) is 17.6. The fourth-order valence-electron chi connectivity index (χ4n) is 5.15. The number of morpholine rings is 1. The Morgan fingerprint density at radius 1 is 1.14 bits per heavy atom. The van der Waals surface area contributed by atoms with E-state index in [4.69, 9.17) is 24.2 Å². The molecule has 2 aliphatic rings. The highest BCUT2D eigenvalue weighted by atomic mass is 32.1. The molecule has 1 aromatic carbocycles. The third kappa shape index (κ3) is 5.45. The minimum Gasteiger partial charge on any atom is -0.490 e. The molecule has 36 heavy (non-hydrogen) atoms. The first kappa shape index (κ1) is 25.2. The van der Waals surface area contributed by atoms with Crippen molar-refractivity contribution in [3.63, 3.8) is 0 Å². The topological polar surface area (TPSA) is 68.7 Å². The Kier molecular flexibility index (Phi) is 7.93. The molecule has 1 N–H and O–H groups in total. The molecular formula is C28H38N4O3S. The average Bonchev–Trinajstić information content (AvgIpc) is 3.23. The zero-order chi connectivity index (χ0) is 25.1. The molecule has 1 aliphatic carbocycles. The molecule has 3 aromatic rings. The second kappa shape index (κ2) is 11.3. The molecule has 194 valence electrons. The highest BCUT2D eigenvalue weighted by Crippen LogP contribution is 2.41. The number of benzene rings is 1. The molecule has 0 spiro atoms. The van der Waals surface area contributed by atoms with Crippen LogP contribution in [0.3, 0.4) is 0 Å². The van der Waals surface area contributed by atoms with E-state index in [1.54, 1.807) is 0 Å². The Morgan fingerprint density at radius 3 is 2.69 bits per heavy atom. The van der Waals surface area contributed by atoms with E-state index in [2.05, 4.69) is 36.2 Å². The van der Waals surface area contributed by atoms with Crippen LogP contribution in [0.2, 0.25) is 0 Å². The van der Waals surface area contributed by atoms with Gasteiger partial charge < -0.3 is 19.5 Å². The lowest BCUT2D eigenvalue weighted by molar-refractivity contribution is 0.0331. The van der Waals surface area contributed by atoms with E-state index in [9.17, 15) is 0 Å². The highest BCUT2D eigenvalue weighted by molar-refractivity contribution is 7.19. The highest BCUT2D eigenvalue weighted by Gasteiger charge is 2.25. The van der Waals surface area contributed by atoms with Crippen LogP contribution in [0.4, 0.5) is 5.82 Å². The second-order valence-electron chi connectivity index (χ2n) is 9.85. The zero-order valence-electron chi connectivity index (χ0n) is 21.9. The number of rotatable bonds is 9. The van der Waals surface area contributed by atoms with E-state index in [-0.39, 0.29) is 6.04 Å². The number of hydrogen-bond acceptors (Lipinski definition) is 8. The zero-order valence-corrected chi connectivity index (χ0v) is 22.7. The Hall–Kier alpha value is -2.42. The summed E-state index contributed by atoms with van der Waals surface area (Å²) in [6.45, 7) is 13.9. The molecule has 8 heteroatoms. The summed E-state index contributed by atoms with van der Waals surface area (Å²) in [5.74, 6) is 4.13. The van der Waals surface area contributed by atoms with Gasteiger partial charge in [0.15, 0.2) is 11.5 Å². The van der Waals surface area contributed by atoms with Crippen molar-refractivity contribution in [1.82, 2.24) is 14.9 Å². The van der Waals surface area contributed by atoms with Crippen LogP contribution in [0.15, 0.2) is 18.2 Å². The molecule has 0 bridgehead atoms. The molecule has 3 heterocycles. The third-order valence-corrected chi connectivity index (χ3v) is 8.24. The van der Waals surface area contributed by atoms with Gasteiger partial charge in [0, 0.05) is 18.0 Å². The maximum atomic E-state index is 5.88. The summed E-state index contributed by atoms with van der Waals surface area (Å²) in [7, 11) is 0. The molecule has 0 amide bonds. The molecular weight excluding hydrogens is 472 g/mol. The van der Waals surface area contributed by atoms with Gasteiger partial charge in [-0.25, -0.2) is 9.97 Å². The average molecular weight is 511 g/mol. The Balaban J connectivity index is 1.49. The van der Waals surface area contributed by atoms with Gasteiger partial charge in [-0.1, -0.05) is 13.0 Å². The molecule has 2 atom stereocenters. The molecule has 1 saturated heterocycles.